The summed E-state index contributed by atoms with van der Waals surface area (Å²) >= 11 is 0. The van der Waals surface area contributed by atoms with Crippen LogP contribution in [0.3, 0.4) is 0 Å². The first-order valence-corrected chi connectivity index (χ1v) is 10.8. The molecule has 0 bridgehead atoms. The van der Waals surface area contributed by atoms with Gasteiger partial charge >= 0.3 is 0 Å². The highest BCUT2D eigenvalue weighted by molar-refractivity contribution is 5.94. The van der Waals surface area contributed by atoms with Crippen LogP contribution in [0, 0.1) is 0 Å². The van der Waals surface area contributed by atoms with Crippen LogP contribution < -0.4 is 15.0 Å². The molecular weight excluding hydrogens is 386 g/mol. The van der Waals surface area contributed by atoms with E-state index in [0.717, 1.165) is 43.2 Å². The van der Waals surface area contributed by atoms with Crippen molar-refractivity contribution in [3.8, 4) is 5.75 Å². The summed E-state index contributed by atoms with van der Waals surface area (Å²) in [7, 11) is 0. The largest absolute Gasteiger partial charge is 0.489 e. The van der Waals surface area contributed by atoms with Gasteiger partial charge in [0.1, 0.15) is 12.4 Å². The van der Waals surface area contributed by atoms with E-state index in [9.17, 15) is 4.79 Å². The molecule has 0 spiro atoms. The van der Waals surface area contributed by atoms with Gasteiger partial charge in [-0.15, -0.1) is 0 Å². The number of piperazine rings is 1. The molecular formula is C26H29N3O2. The number of para-hydroxylation sites is 1. The Balaban J connectivity index is 1.25. The van der Waals surface area contributed by atoms with Crippen LogP contribution in [0.25, 0.3) is 0 Å². The lowest BCUT2D eigenvalue weighted by Gasteiger charge is -2.38. The number of carbonyl (C=O) groups excluding carboxylic acids is 1. The third kappa shape index (κ3) is 5.64. The van der Waals surface area contributed by atoms with Crippen molar-refractivity contribution in [3.63, 3.8) is 0 Å². The Bertz CT molecular complexity index is 953. The maximum absolute atomic E-state index is 12.8. The van der Waals surface area contributed by atoms with Gasteiger partial charge in [-0.25, -0.2) is 0 Å². The van der Waals surface area contributed by atoms with Gasteiger partial charge in [-0.05, 0) is 48.9 Å². The van der Waals surface area contributed by atoms with Gasteiger partial charge in [-0.1, -0.05) is 48.5 Å². The maximum Gasteiger partial charge on any atom is 0.241 e. The third-order valence-electron chi connectivity index (χ3n) is 5.73. The highest BCUT2D eigenvalue weighted by atomic mass is 16.5. The lowest BCUT2D eigenvalue weighted by atomic mass is 10.2. The Labute approximate surface area is 184 Å². The SMILES string of the molecule is C[C@@H](C(=O)Nc1ccc(OCc2ccccc2)cc1)N1CCN(c2ccccc2)CC1. The van der Waals surface area contributed by atoms with Gasteiger partial charge in [0, 0.05) is 37.6 Å². The number of anilines is 2. The Morgan fingerprint density at radius 2 is 1.48 bits per heavy atom. The Morgan fingerprint density at radius 3 is 2.13 bits per heavy atom. The molecule has 1 fully saturated rings. The zero-order valence-electron chi connectivity index (χ0n) is 17.9. The molecule has 5 nitrogen and oxygen atoms in total. The fourth-order valence-electron chi connectivity index (χ4n) is 3.79. The minimum Gasteiger partial charge on any atom is -0.489 e. The van der Waals surface area contributed by atoms with Crippen LogP contribution in [0.15, 0.2) is 84.9 Å². The fourth-order valence-corrected chi connectivity index (χ4v) is 3.79. The Hall–Kier alpha value is -3.31. The van der Waals surface area contributed by atoms with Crippen molar-refractivity contribution in [1.82, 2.24) is 4.90 Å². The standard InChI is InChI=1S/C26H29N3O2/c1-21(28-16-18-29(19-17-28)24-10-6-3-7-11-24)26(30)27-23-12-14-25(15-13-23)31-20-22-8-4-2-5-9-22/h2-15,21H,16-20H2,1H3,(H,27,30)/t21-/m0/s1. The molecule has 4 rings (SSSR count). The van der Waals surface area contributed by atoms with E-state index in [1.54, 1.807) is 0 Å². The predicted molar refractivity (Wildman–Crippen MR) is 126 cm³/mol. The first-order valence-electron chi connectivity index (χ1n) is 10.8. The summed E-state index contributed by atoms with van der Waals surface area (Å²) in [6.45, 7) is 6.10. The molecule has 31 heavy (non-hydrogen) atoms. The van der Waals surface area contributed by atoms with E-state index in [1.807, 2.05) is 67.6 Å². The molecule has 3 aromatic rings. The van der Waals surface area contributed by atoms with Gasteiger partial charge in [0.25, 0.3) is 0 Å². The van der Waals surface area contributed by atoms with Gasteiger partial charge in [0.05, 0.1) is 6.04 Å². The smallest absolute Gasteiger partial charge is 0.241 e. The summed E-state index contributed by atoms with van der Waals surface area (Å²) < 4.78 is 5.82. The van der Waals surface area contributed by atoms with Crippen molar-refractivity contribution in [2.24, 2.45) is 0 Å². The van der Waals surface area contributed by atoms with Crippen molar-refractivity contribution in [3.05, 3.63) is 90.5 Å². The molecule has 1 aliphatic heterocycles. The van der Waals surface area contributed by atoms with E-state index in [-0.39, 0.29) is 11.9 Å². The molecule has 1 atom stereocenters. The molecule has 5 heteroatoms. The number of hydrogen-bond acceptors (Lipinski definition) is 4. The summed E-state index contributed by atoms with van der Waals surface area (Å²) in [4.78, 5) is 17.4. The van der Waals surface area contributed by atoms with Gasteiger partial charge in [-0.3, -0.25) is 9.69 Å². The Kier molecular flexibility index (Phi) is 6.85. The Morgan fingerprint density at radius 1 is 0.871 bits per heavy atom. The van der Waals surface area contributed by atoms with Crippen molar-refractivity contribution in [2.45, 2.75) is 19.6 Å². The van der Waals surface area contributed by atoms with Crippen LogP contribution >= 0.6 is 0 Å². The summed E-state index contributed by atoms with van der Waals surface area (Å²) in [6, 6.07) is 27.9. The van der Waals surface area contributed by atoms with E-state index in [4.69, 9.17) is 4.74 Å². The van der Waals surface area contributed by atoms with Crippen LogP contribution in [-0.4, -0.2) is 43.0 Å². The molecule has 3 aromatic carbocycles. The molecule has 0 unspecified atom stereocenters. The number of carbonyl (C=O) groups is 1. The van der Waals surface area contributed by atoms with Crippen LogP contribution in [0.2, 0.25) is 0 Å². The topological polar surface area (TPSA) is 44.8 Å². The lowest BCUT2D eigenvalue weighted by Crippen LogP contribution is -2.52. The first kappa shape index (κ1) is 20.9. The van der Waals surface area contributed by atoms with E-state index in [0.29, 0.717) is 6.61 Å². The first-order chi connectivity index (χ1) is 15.2. The molecule has 1 N–H and O–H groups in total. The van der Waals surface area contributed by atoms with Gasteiger partial charge in [0.2, 0.25) is 5.91 Å². The van der Waals surface area contributed by atoms with Gasteiger partial charge in [-0.2, -0.15) is 0 Å². The highest BCUT2D eigenvalue weighted by Gasteiger charge is 2.25. The molecule has 0 radical (unpaired) electrons. The quantitative estimate of drug-likeness (QED) is 0.621. The van der Waals surface area contributed by atoms with Crippen molar-refractivity contribution in [1.29, 1.82) is 0 Å². The van der Waals surface area contributed by atoms with E-state index in [1.165, 1.54) is 5.69 Å². The summed E-state index contributed by atoms with van der Waals surface area (Å²) in [6.07, 6.45) is 0. The van der Waals surface area contributed by atoms with Crippen molar-refractivity contribution < 1.29 is 9.53 Å². The average Bonchev–Trinajstić information content (AvgIpc) is 2.84. The van der Waals surface area contributed by atoms with Crippen molar-refractivity contribution >= 4 is 17.3 Å². The summed E-state index contributed by atoms with van der Waals surface area (Å²) in [5.74, 6) is 0.804. The zero-order chi connectivity index (χ0) is 21.5. The second kappa shape index (κ2) is 10.1. The van der Waals surface area contributed by atoms with Crippen LogP contribution in [0.4, 0.5) is 11.4 Å². The van der Waals surface area contributed by atoms with Crippen LogP contribution in [-0.2, 0) is 11.4 Å². The van der Waals surface area contributed by atoms with E-state index < -0.39 is 0 Å². The zero-order valence-corrected chi connectivity index (χ0v) is 17.9. The molecule has 160 valence electrons. The predicted octanol–water partition coefficient (Wildman–Crippen LogP) is 4.41. The maximum atomic E-state index is 12.8. The van der Waals surface area contributed by atoms with Crippen LogP contribution in [0.1, 0.15) is 12.5 Å². The van der Waals surface area contributed by atoms with E-state index >= 15 is 0 Å². The molecule has 1 aliphatic rings. The number of amides is 1. The number of hydrogen-bond donors (Lipinski definition) is 1. The minimum atomic E-state index is -0.174. The number of ether oxygens (including phenoxy) is 1. The number of nitrogens with one attached hydrogen (secondary N) is 1. The second-order valence-corrected chi connectivity index (χ2v) is 7.82. The molecule has 1 saturated heterocycles. The second-order valence-electron chi connectivity index (χ2n) is 7.82. The number of rotatable bonds is 7. The van der Waals surface area contributed by atoms with E-state index in [2.05, 4.69) is 39.4 Å². The number of nitrogens with zero attached hydrogens (tertiary/aromatic N) is 2. The molecule has 0 aliphatic carbocycles. The number of benzene rings is 3. The summed E-state index contributed by atoms with van der Waals surface area (Å²) in [5, 5.41) is 3.03. The highest BCUT2D eigenvalue weighted by Crippen LogP contribution is 2.19. The fraction of sp³-hybridized carbons (Fsp3) is 0.269. The average molecular weight is 416 g/mol. The van der Waals surface area contributed by atoms with Crippen molar-refractivity contribution in [2.75, 3.05) is 36.4 Å². The van der Waals surface area contributed by atoms with Gasteiger partial charge < -0.3 is 15.0 Å². The monoisotopic (exact) mass is 415 g/mol. The normalized spacial score (nSPS) is 15.3. The molecule has 0 aromatic heterocycles. The molecule has 0 saturated carbocycles. The third-order valence-corrected chi connectivity index (χ3v) is 5.73. The van der Waals surface area contributed by atoms with Crippen LogP contribution in [0.5, 0.6) is 5.75 Å². The lowest BCUT2D eigenvalue weighted by molar-refractivity contribution is -0.120. The minimum absolute atomic E-state index is 0.0196. The molecule has 1 heterocycles. The summed E-state index contributed by atoms with van der Waals surface area (Å²) in [5.41, 5.74) is 3.15. The van der Waals surface area contributed by atoms with Gasteiger partial charge in [0.15, 0.2) is 0 Å². The molecule has 1 amide bonds.